The van der Waals surface area contributed by atoms with Gasteiger partial charge in [0.05, 0.1) is 31.6 Å². The number of methoxy groups -OCH3 is 1. The van der Waals surface area contributed by atoms with Crippen molar-refractivity contribution in [2.24, 2.45) is 0 Å². The molecule has 5 rings (SSSR count). The first-order valence-electron chi connectivity index (χ1n) is 14.1. The highest BCUT2D eigenvalue weighted by Crippen LogP contribution is 2.42. The minimum Gasteiger partial charge on any atom is -0.495 e. The lowest BCUT2D eigenvalue weighted by atomic mass is 9.93. The summed E-state index contributed by atoms with van der Waals surface area (Å²) in [6, 6.07) is 4.39. The summed E-state index contributed by atoms with van der Waals surface area (Å²) in [4.78, 5) is 54.8. The van der Waals surface area contributed by atoms with Crippen molar-refractivity contribution in [3.63, 3.8) is 0 Å². The summed E-state index contributed by atoms with van der Waals surface area (Å²) in [6.45, 7) is -0.768. The van der Waals surface area contributed by atoms with Gasteiger partial charge in [0.1, 0.15) is 11.4 Å². The smallest absolute Gasteiger partial charge is 0.469 e. The summed E-state index contributed by atoms with van der Waals surface area (Å²) in [6.07, 6.45) is 5.88. The average molecular weight is 625 g/mol. The number of carbonyl (C=O) groups excluding carboxylic acids is 2. The molecule has 0 radical (unpaired) electrons. The normalized spacial score (nSPS) is 22.6. The Kier molecular flexibility index (Phi) is 8.89. The van der Waals surface area contributed by atoms with Gasteiger partial charge in [-0.3, -0.25) is 14.1 Å². The lowest BCUT2D eigenvalue weighted by molar-refractivity contribution is -0.140. The Balaban J connectivity index is 1.31. The first kappa shape index (κ1) is 31.0. The molecule has 3 aliphatic rings. The molecule has 13 nitrogen and oxygen atoms in total. The van der Waals surface area contributed by atoms with E-state index in [1.807, 2.05) is 0 Å². The fraction of sp³-hybridized carbons (Fsp3) is 0.556. The maximum absolute atomic E-state index is 14.9. The van der Waals surface area contributed by atoms with E-state index in [0.29, 0.717) is 42.7 Å². The van der Waals surface area contributed by atoms with Gasteiger partial charge in [0.25, 0.3) is 11.8 Å². The molecule has 0 spiro atoms. The van der Waals surface area contributed by atoms with Gasteiger partial charge in [0, 0.05) is 24.7 Å². The highest BCUT2D eigenvalue weighted by atomic mass is 31.2. The number of alkyl halides is 2. The largest absolute Gasteiger partial charge is 0.495 e. The number of amides is 2. The molecule has 16 heteroatoms. The summed E-state index contributed by atoms with van der Waals surface area (Å²) < 4.78 is 51.1. The molecule has 0 atom stereocenters. The van der Waals surface area contributed by atoms with E-state index in [0.717, 1.165) is 30.6 Å². The van der Waals surface area contributed by atoms with Crippen LogP contribution in [0.4, 0.5) is 31.9 Å². The molecule has 2 amide bonds. The Morgan fingerprint density at radius 2 is 1.84 bits per heavy atom. The number of hydrogen-bond acceptors (Lipinski definition) is 9. The Bertz CT molecular complexity index is 1410. The van der Waals surface area contributed by atoms with E-state index in [2.05, 4.69) is 20.6 Å². The van der Waals surface area contributed by atoms with Gasteiger partial charge in [-0.25, -0.2) is 9.55 Å². The monoisotopic (exact) mass is 624 g/mol. The van der Waals surface area contributed by atoms with E-state index in [-0.39, 0.29) is 35.4 Å². The third kappa shape index (κ3) is 7.06. The van der Waals surface area contributed by atoms with E-state index in [4.69, 9.17) is 19.0 Å². The van der Waals surface area contributed by atoms with E-state index in [1.54, 1.807) is 18.2 Å². The van der Waals surface area contributed by atoms with Crippen molar-refractivity contribution < 1.29 is 42.0 Å². The van der Waals surface area contributed by atoms with Crippen molar-refractivity contribution in [3.8, 4) is 5.75 Å². The lowest BCUT2D eigenvalue weighted by Gasteiger charge is -2.31. The van der Waals surface area contributed by atoms with Crippen molar-refractivity contribution >= 4 is 42.8 Å². The molecule has 0 bridgehead atoms. The highest BCUT2D eigenvalue weighted by Gasteiger charge is 2.48. The molecule has 1 aromatic carbocycles. The number of rotatable bonds is 8. The van der Waals surface area contributed by atoms with Gasteiger partial charge >= 0.3 is 13.7 Å². The molecule has 2 heterocycles. The average Bonchev–Trinajstić information content (AvgIpc) is 3.48. The van der Waals surface area contributed by atoms with Gasteiger partial charge in [0.2, 0.25) is 5.95 Å². The first-order chi connectivity index (χ1) is 20.3. The molecule has 2 aromatic rings. The fourth-order valence-corrected chi connectivity index (χ4v) is 6.53. The van der Waals surface area contributed by atoms with Gasteiger partial charge in [-0.2, -0.15) is 13.8 Å². The summed E-state index contributed by atoms with van der Waals surface area (Å²) in [5, 5.41) is 5.99. The number of aromatic nitrogens is 2. The van der Waals surface area contributed by atoms with Gasteiger partial charge in [0.15, 0.2) is 5.82 Å². The number of hydrogen-bond donors (Lipinski definition) is 4. The molecule has 2 saturated carbocycles. The minimum absolute atomic E-state index is 0.109. The van der Waals surface area contributed by atoms with Crippen LogP contribution in [0.1, 0.15) is 61.7 Å². The van der Waals surface area contributed by atoms with Crippen molar-refractivity contribution in [1.82, 2.24) is 15.3 Å². The van der Waals surface area contributed by atoms with Gasteiger partial charge < -0.3 is 35.0 Å². The number of nitrogens with one attached hydrogen (secondary N) is 2. The predicted octanol–water partition coefficient (Wildman–Crippen LogP) is 3.74. The number of halogens is 2. The van der Waals surface area contributed by atoms with Crippen LogP contribution in [0.25, 0.3) is 0 Å². The number of carbonyl (C=O) groups is 2. The van der Waals surface area contributed by atoms with Crippen LogP contribution in [0, 0.1) is 0 Å². The summed E-state index contributed by atoms with van der Waals surface area (Å²) >= 11 is 0. The molecule has 43 heavy (non-hydrogen) atoms. The quantitative estimate of drug-likeness (QED) is 0.316. The Hall–Kier alpha value is -3.39. The Morgan fingerprint density at radius 1 is 1.14 bits per heavy atom. The van der Waals surface area contributed by atoms with Crippen LogP contribution in [0.15, 0.2) is 24.4 Å². The van der Waals surface area contributed by atoms with Crippen molar-refractivity contribution in [2.45, 2.75) is 75.5 Å². The SMILES string of the molecule is COc1cc(C(=O)N[C@H]2CC[C@H](OP(=O)(O)O)CC2)ccc1Nc1ncc2c(n1)N(C1CCCC1)CC(F)(F)C(=O)N2C. The van der Waals surface area contributed by atoms with Crippen LogP contribution >= 0.6 is 7.82 Å². The van der Waals surface area contributed by atoms with Gasteiger partial charge in [-0.1, -0.05) is 12.8 Å². The van der Waals surface area contributed by atoms with Gasteiger partial charge in [-0.05, 0) is 56.7 Å². The Labute approximate surface area is 247 Å². The van der Waals surface area contributed by atoms with Crippen LogP contribution in [-0.2, 0) is 13.9 Å². The van der Waals surface area contributed by atoms with Crippen molar-refractivity contribution in [1.29, 1.82) is 0 Å². The van der Waals surface area contributed by atoms with Crippen molar-refractivity contribution in [2.75, 3.05) is 35.8 Å². The number of benzene rings is 1. The molecular formula is C27H35F2N6O7P. The second-order valence-electron chi connectivity index (χ2n) is 11.1. The number of phosphoric acid groups is 1. The van der Waals surface area contributed by atoms with Crippen LogP contribution < -0.4 is 25.2 Å². The number of anilines is 4. The molecular weight excluding hydrogens is 589 g/mol. The number of ether oxygens (including phenoxy) is 1. The molecule has 4 N–H and O–H groups in total. The molecule has 1 aromatic heterocycles. The second kappa shape index (κ2) is 12.3. The van der Waals surface area contributed by atoms with E-state index in [9.17, 15) is 22.9 Å². The lowest BCUT2D eigenvalue weighted by Crippen LogP contribution is -2.48. The van der Waals surface area contributed by atoms with E-state index >= 15 is 0 Å². The van der Waals surface area contributed by atoms with Crippen LogP contribution in [0.5, 0.6) is 5.75 Å². The molecule has 1 aliphatic heterocycles. The van der Waals surface area contributed by atoms with Crippen LogP contribution in [0.2, 0.25) is 0 Å². The van der Waals surface area contributed by atoms with Crippen molar-refractivity contribution in [3.05, 3.63) is 30.0 Å². The van der Waals surface area contributed by atoms with Crippen LogP contribution in [-0.4, -0.2) is 76.4 Å². The second-order valence-corrected chi connectivity index (χ2v) is 12.3. The summed E-state index contributed by atoms with van der Waals surface area (Å²) in [5.41, 5.74) is 0.958. The first-order valence-corrected chi connectivity index (χ1v) is 15.7. The third-order valence-electron chi connectivity index (χ3n) is 8.14. The number of phosphoric ester groups is 1. The maximum atomic E-state index is 14.9. The zero-order valence-electron chi connectivity index (χ0n) is 23.8. The molecule has 0 saturated heterocycles. The highest BCUT2D eigenvalue weighted by molar-refractivity contribution is 7.46. The van der Waals surface area contributed by atoms with E-state index < -0.39 is 32.3 Å². The standard InChI is InChI=1S/C27H35F2N6O7P/c1-34-21-14-30-26(33-23(21)35(18-5-3-4-6-18)15-27(28,29)25(34)37)32-20-12-7-16(13-22(20)41-2)24(36)31-17-8-10-19(11-9-17)42-43(38,39)40/h7,12-14,17-19H,3-6,8-11,15H2,1-2H3,(H,31,36)(H,30,32,33)(H2,38,39,40)/t17-,19-. The maximum Gasteiger partial charge on any atom is 0.469 e. The molecule has 0 unspecified atom stereocenters. The Morgan fingerprint density at radius 3 is 2.49 bits per heavy atom. The molecule has 2 fully saturated rings. The number of fused-ring (bicyclic) bond motifs is 1. The molecule has 234 valence electrons. The van der Waals surface area contributed by atoms with Crippen LogP contribution in [0.3, 0.4) is 0 Å². The zero-order chi connectivity index (χ0) is 30.9. The summed E-state index contributed by atoms with van der Waals surface area (Å²) in [5.74, 6) is -4.56. The summed E-state index contributed by atoms with van der Waals surface area (Å²) in [7, 11) is -1.83. The van der Waals surface area contributed by atoms with E-state index in [1.165, 1.54) is 25.3 Å². The fourth-order valence-electron chi connectivity index (χ4n) is 5.94. The van der Waals surface area contributed by atoms with Gasteiger partial charge in [-0.15, -0.1) is 0 Å². The third-order valence-corrected chi connectivity index (χ3v) is 8.71. The zero-order valence-corrected chi connectivity index (χ0v) is 24.7. The topological polar surface area (TPSA) is 166 Å². The number of nitrogens with zero attached hydrogens (tertiary/aromatic N) is 4. The predicted molar refractivity (Wildman–Crippen MR) is 153 cm³/mol. The minimum atomic E-state index is -4.56. The molecule has 2 aliphatic carbocycles.